The summed E-state index contributed by atoms with van der Waals surface area (Å²) in [6.45, 7) is 1.99. The van der Waals surface area contributed by atoms with Gasteiger partial charge in [-0.3, -0.25) is 5.10 Å². The molecule has 0 fully saturated rings. The highest BCUT2D eigenvalue weighted by Gasteiger charge is 2.17. The largest absolute Gasteiger partial charge is 0.478 e. The number of hydrogen-bond acceptors (Lipinski definition) is 5. The Morgan fingerprint density at radius 1 is 1.44 bits per heavy atom. The molecule has 1 aromatic carbocycles. The van der Waals surface area contributed by atoms with Crippen LogP contribution in [0.15, 0.2) is 39.5 Å². The van der Waals surface area contributed by atoms with Gasteiger partial charge in [-0.15, -0.1) is 11.8 Å². The first-order valence-electron chi connectivity index (χ1n) is 5.24. The van der Waals surface area contributed by atoms with Gasteiger partial charge in [0, 0.05) is 9.79 Å². The quantitative estimate of drug-likeness (QED) is 0.820. The number of nitrogens with zero attached hydrogens (tertiary/aromatic N) is 2. The molecule has 18 heavy (non-hydrogen) atoms. The number of rotatable bonds is 5. The molecule has 0 spiro atoms. The molecule has 0 aliphatic rings. The molecular formula is C11H11N3O2S2. The first-order valence-corrected chi connectivity index (χ1v) is 7.05. The molecule has 0 aliphatic heterocycles. The monoisotopic (exact) mass is 281 g/mol. The molecule has 0 saturated heterocycles. The summed E-state index contributed by atoms with van der Waals surface area (Å²) in [7, 11) is 0. The fraction of sp³-hybridized carbons (Fsp3) is 0.182. The third-order valence-corrected chi connectivity index (χ3v) is 3.99. The van der Waals surface area contributed by atoms with Gasteiger partial charge in [0.05, 0.1) is 5.56 Å². The summed E-state index contributed by atoms with van der Waals surface area (Å²) in [5.41, 5.74) is 0.325. The van der Waals surface area contributed by atoms with Crippen molar-refractivity contribution in [2.75, 3.05) is 5.75 Å². The summed E-state index contributed by atoms with van der Waals surface area (Å²) in [5, 5.41) is 16.4. The zero-order valence-corrected chi connectivity index (χ0v) is 11.2. The van der Waals surface area contributed by atoms with E-state index in [1.165, 1.54) is 29.9 Å². The number of aromatic carboxylic acids is 1. The zero-order valence-electron chi connectivity index (χ0n) is 9.58. The molecule has 2 N–H and O–H groups in total. The number of thioether (sulfide) groups is 1. The Balaban J connectivity index is 2.39. The zero-order chi connectivity index (χ0) is 13.0. The molecule has 0 saturated carbocycles. The predicted octanol–water partition coefficient (Wildman–Crippen LogP) is 2.77. The molecule has 0 atom stereocenters. The summed E-state index contributed by atoms with van der Waals surface area (Å²) >= 11 is 2.78. The number of carboxylic acids is 1. The Bertz CT molecular complexity index is 543. The van der Waals surface area contributed by atoms with E-state index in [9.17, 15) is 9.90 Å². The lowest BCUT2D eigenvalue weighted by atomic mass is 10.2. The van der Waals surface area contributed by atoms with Crippen LogP contribution in [0.5, 0.6) is 0 Å². The number of benzene rings is 1. The van der Waals surface area contributed by atoms with Crippen LogP contribution in [0.1, 0.15) is 17.3 Å². The van der Waals surface area contributed by atoms with Crippen LogP contribution in [-0.4, -0.2) is 32.0 Å². The second-order valence-electron chi connectivity index (χ2n) is 3.26. The minimum atomic E-state index is -0.923. The van der Waals surface area contributed by atoms with Gasteiger partial charge < -0.3 is 5.11 Å². The molecule has 2 aromatic rings. The van der Waals surface area contributed by atoms with Gasteiger partial charge in [-0.1, -0.05) is 13.0 Å². The normalized spacial score (nSPS) is 10.5. The van der Waals surface area contributed by atoms with E-state index in [1.54, 1.807) is 6.07 Å². The SMILES string of the molecule is CCSc1cccc(Sc2ncn[nH]2)c1C(=O)O. The number of nitrogens with one attached hydrogen (secondary N) is 1. The summed E-state index contributed by atoms with van der Waals surface area (Å²) in [5.74, 6) is -0.0926. The summed E-state index contributed by atoms with van der Waals surface area (Å²) < 4.78 is 0. The van der Waals surface area contributed by atoms with Crippen molar-refractivity contribution in [3.8, 4) is 0 Å². The van der Waals surface area contributed by atoms with E-state index in [2.05, 4.69) is 15.2 Å². The van der Waals surface area contributed by atoms with E-state index in [4.69, 9.17) is 0 Å². The van der Waals surface area contributed by atoms with Gasteiger partial charge in [0.2, 0.25) is 0 Å². The van der Waals surface area contributed by atoms with Crippen LogP contribution >= 0.6 is 23.5 Å². The van der Waals surface area contributed by atoms with Gasteiger partial charge in [-0.2, -0.15) is 5.10 Å². The highest BCUT2D eigenvalue weighted by molar-refractivity contribution is 8.00. The van der Waals surface area contributed by atoms with Crippen LogP contribution in [0.3, 0.4) is 0 Å². The van der Waals surface area contributed by atoms with Crippen molar-refractivity contribution in [1.82, 2.24) is 15.2 Å². The molecule has 0 unspecified atom stereocenters. The van der Waals surface area contributed by atoms with Crippen LogP contribution in [0, 0.1) is 0 Å². The van der Waals surface area contributed by atoms with Crippen LogP contribution in [0.2, 0.25) is 0 Å². The smallest absolute Gasteiger partial charge is 0.337 e. The molecule has 5 nitrogen and oxygen atoms in total. The Kier molecular flexibility index (Phi) is 4.27. The third kappa shape index (κ3) is 2.85. The van der Waals surface area contributed by atoms with Crippen LogP contribution in [-0.2, 0) is 0 Å². The number of carbonyl (C=O) groups is 1. The van der Waals surface area contributed by atoms with E-state index in [0.29, 0.717) is 15.6 Å². The maximum atomic E-state index is 11.4. The van der Waals surface area contributed by atoms with Crippen LogP contribution in [0.25, 0.3) is 0 Å². The number of carboxylic acid groups (broad SMARTS) is 1. The lowest BCUT2D eigenvalue weighted by molar-refractivity contribution is 0.0689. The van der Waals surface area contributed by atoms with E-state index in [1.807, 2.05) is 19.1 Å². The minimum absolute atomic E-state index is 0.325. The maximum Gasteiger partial charge on any atom is 0.337 e. The van der Waals surface area contributed by atoms with E-state index in [0.717, 1.165) is 10.6 Å². The molecule has 0 radical (unpaired) electrons. The van der Waals surface area contributed by atoms with Crippen LogP contribution in [0.4, 0.5) is 0 Å². The lowest BCUT2D eigenvalue weighted by Gasteiger charge is -2.08. The van der Waals surface area contributed by atoms with Crippen molar-refractivity contribution < 1.29 is 9.90 Å². The molecular weight excluding hydrogens is 270 g/mol. The molecule has 94 valence electrons. The number of aromatic amines is 1. The topological polar surface area (TPSA) is 78.9 Å². The van der Waals surface area contributed by atoms with Gasteiger partial charge >= 0.3 is 5.97 Å². The first kappa shape index (κ1) is 13.0. The molecule has 7 heteroatoms. The Labute approximate surface area is 112 Å². The molecule has 1 aromatic heterocycles. The molecule has 2 rings (SSSR count). The van der Waals surface area contributed by atoms with E-state index >= 15 is 0 Å². The number of hydrogen-bond donors (Lipinski definition) is 2. The van der Waals surface area contributed by atoms with Crippen LogP contribution < -0.4 is 0 Å². The van der Waals surface area contributed by atoms with Crippen molar-refractivity contribution in [1.29, 1.82) is 0 Å². The molecule has 0 amide bonds. The standard InChI is InChI=1S/C11H11N3O2S2/c1-2-17-7-4-3-5-8(9(7)10(15)16)18-11-12-6-13-14-11/h3-6H,2H2,1H3,(H,15,16)(H,12,13,14). The molecule has 1 heterocycles. The van der Waals surface area contributed by atoms with E-state index in [-0.39, 0.29) is 0 Å². The fourth-order valence-corrected chi connectivity index (χ4v) is 3.17. The lowest BCUT2D eigenvalue weighted by Crippen LogP contribution is -2.01. The summed E-state index contributed by atoms with van der Waals surface area (Å²) in [4.78, 5) is 16.8. The Morgan fingerprint density at radius 3 is 2.83 bits per heavy atom. The van der Waals surface area contributed by atoms with Gasteiger partial charge in [0.1, 0.15) is 6.33 Å². The number of H-pyrrole nitrogens is 1. The second kappa shape index (κ2) is 5.92. The van der Waals surface area contributed by atoms with Gasteiger partial charge in [0.25, 0.3) is 0 Å². The van der Waals surface area contributed by atoms with Crippen molar-refractivity contribution in [2.24, 2.45) is 0 Å². The third-order valence-electron chi connectivity index (χ3n) is 2.10. The number of aromatic nitrogens is 3. The summed E-state index contributed by atoms with van der Waals surface area (Å²) in [6.07, 6.45) is 1.40. The average Bonchev–Trinajstić information content (AvgIpc) is 2.82. The van der Waals surface area contributed by atoms with Crippen molar-refractivity contribution >= 4 is 29.5 Å². The molecule has 0 bridgehead atoms. The minimum Gasteiger partial charge on any atom is -0.478 e. The fourth-order valence-electron chi connectivity index (χ4n) is 1.43. The van der Waals surface area contributed by atoms with Crippen molar-refractivity contribution in [3.63, 3.8) is 0 Å². The van der Waals surface area contributed by atoms with Crippen molar-refractivity contribution in [2.45, 2.75) is 21.9 Å². The Morgan fingerprint density at radius 2 is 2.22 bits per heavy atom. The second-order valence-corrected chi connectivity index (χ2v) is 5.60. The molecule has 0 aliphatic carbocycles. The first-order chi connectivity index (χ1) is 8.72. The Hall–Kier alpha value is -1.47. The predicted molar refractivity (Wildman–Crippen MR) is 70.3 cm³/mol. The summed E-state index contributed by atoms with van der Waals surface area (Å²) in [6, 6.07) is 5.45. The average molecular weight is 281 g/mol. The van der Waals surface area contributed by atoms with Gasteiger partial charge in [-0.05, 0) is 29.6 Å². The maximum absolute atomic E-state index is 11.4. The van der Waals surface area contributed by atoms with Crippen molar-refractivity contribution in [3.05, 3.63) is 30.1 Å². The highest BCUT2D eigenvalue weighted by atomic mass is 32.2. The highest BCUT2D eigenvalue weighted by Crippen LogP contribution is 2.33. The van der Waals surface area contributed by atoms with Gasteiger partial charge in [-0.25, -0.2) is 9.78 Å². The van der Waals surface area contributed by atoms with E-state index < -0.39 is 5.97 Å². The van der Waals surface area contributed by atoms with Gasteiger partial charge in [0.15, 0.2) is 5.16 Å².